The first-order chi connectivity index (χ1) is 15.8. The van der Waals surface area contributed by atoms with Gasteiger partial charge in [0.1, 0.15) is 5.37 Å². The predicted molar refractivity (Wildman–Crippen MR) is 121 cm³/mol. The number of hydrogen-bond acceptors (Lipinski definition) is 8. The van der Waals surface area contributed by atoms with E-state index in [9.17, 15) is 14.4 Å². The molecule has 1 amide bonds. The van der Waals surface area contributed by atoms with Gasteiger partial charge in [0.05, 0.1) is 5.25 Å². The molecule has 9 heteroatoms. The van der Waals surface area contributed by atoms with Gasteiger partial charge in [-0.2, -0.15) is 0 Å². The van der Waals surface area contributed by atoms with Gasteiger partial charge < -0.3 is 14.2 Å². The zero-order chi connectivity index (χ0) is 23.8. The third kappa shape index (κ3) is 4.03. The first kappa shape index (κ1) is 23.0. The molecule has 0 saturated carbocycles. The lowest BCUT2D eigenvalue weighted by Crippen LogP contribution is -2.79. The van der Waals surface area contributed by atoms with E-state index in [2.05, 4.69) is 0 Å². The average Bonchev–Trinajstić information content (AvgIpc) is 2.83. The second-order valence-corrected chi connectivity index (χ2v) is 9.14. The number of nitrogens with two attached hydrogens (primary N) is 1. The van der Waals surface area contributed by atoms with Gasteiger partial charge in [0.15, 0.2) is 17.6 Å². The van der Waals surface area contributed by atoms with E-state index < -0.39 is 40.3 Å². The molecule has 3 atom stereocenters. The summed E-state index contributed by atoms with van der Waals surface area (Å²) in [6.45, 7) is 2.99. The van der Waals surface area contributed by atoms with Gasteiger partial charge in [-0.05, 0) is 18.1 Å². The van der Waals surface area contributed by atoms with Crippen LogP contribution in [0.5, 0.6) is 0 Å². The monoisotopic (exact) mass is 468 g/mol. The number of methoxy groups -OCH3 is 1. The van der Waals surface area contributed by atoms with Crippen molar-refractivity contribution in [3.05, 3.63) is 83.2 Å². The second-order valence-electron chi connectivity index (χ2n) is 7.72. The van der Waals surface area contributed by atoms with Crippen molar-refractivity contribution >= 4 is 29.6 Å². The molecule has 0 aliphatic carbocycles. The first-order valence-electron chi connectivity index (χ1n) is 10.3. The van der Waals surface area contributed by atoms with Crippen LogP contribution in [0.4, 0.5) is 0 Å². The van der Waals surface area contributed by atoms with Gasteiger partial charge in [-0.3, -0.25) is 20.2 Å². The Hall–Kier alpha value is -3.14. The maximum Gasteiger partial charge on any atom is 0.359 e. The third-order valence-electron chi connectivity index (χ3n) is 5.55. The number of hydrogen-bond donors (Lipinski definition) is 1. The van der Waals surface area contributed by atoms with Crippen LogP contribution >= 0.6 is 11.8 Å². The highest BCUT2D eigenvalue weighted by Gasteiger charge is 2.65. The van der Waals surface area contributed by atoms with E-state index in [4.69, 9.17) is 19.9 Å². The van der Waals surface area contributed by atoms with Gasteiger partial charge in [-0.15, -0.1) is 11.8 Å². The lowest BCUT2D eigenvalue weighted by atomic mass is 9.99. The number of fused-ring (bicyclic) bond motifs is 1. The van der Waals surface area contributed by atoms with Crippen LogP contribution in [0.2, 0.25) is 0 Å². The molecule has 33 heavy (non-hydrogen) atoms. The fraction of sp³-hybridized carbons (Fsp3) is 0.292. The van der Waals surface area contributed by atoms with Crippen molar-refractivity contribution in [1.29, 1.82) is 0 Å². The Morgan fingerprint density at radius 1 is 1.06 bits per heavy atom. The van der Waals surface area contributed by atoms with Crippen LogP contribution in [0.3, 0.4) is 0 Å². The summed E-state index contributed by atoms with van der Waals surface area (Å²) in [7, 11) is 1.34. The highest BCUT2D eigenvalue weighted by Crippen LogP contribution is 2.49. The van der Waals surface area contributed by atoms with E-state index in [1.165, 1.54) is 30.7 Å². The van der Waals surface area contributed by atoms with Crippen LogP contribution in [0.1, 0.15) is 31.1 Å². The Bertz CT molecular complexity index is 1070. The van der Waals surface area contributed by atoms with E-state index in [1.54, 1.807) is 6.92 Å². The molecule has 8 nitrogen and oxygen atoms in total. The summed E-state index contributed by atoms with van der Waals surface area (Å²) in [5, 5.41) is -1.12. The Kier molecular flexibility index (Phi) is 6.29. The minimum atomic E-state index is -1.58. The Morgan fingerprint density at radius 2 is 1.61 bits per heavy atom. The number of amides is 1. The Balaban J connectivity index is 1.75. The molecular formula is C24H24N2O6S. The molecule has 2 aromatic carbocycles. The van der Waals surface area contributed by atoms with Gasteiger partial charge in [-0.25, -0.2) is 4.79 Å². The molecule has 1 saturated heterocycles. The van der Waals surface area contributed by atoms with Gasteiger partial charge in [-0.1, -0.05) is 60.7 Å². The summed E-state index contributed by atoms with van der Waals surface area (Å²) in [4.78, 5) is 39.5. The first-order valence-corrected chi connectivity index (χ1v) is 11.3. The minimum absolute atomic E-state index is 0.0557. The van der Waals surface area contributed by atoms with E-state index >= 15 is 0 Å². The Morgan fingerprint density at radius 3 is 2.09 bits per heavy atom. The molecule has 0 spiro atoms. The number of nitrogens with zero attached hydrogens (tertiary/aromatic N) is 1. The fourth-order valence-electron chi connectivity index (χ4n) is 3.89. The topological polar surface area (TPSA) is 108 Å². The predicted octanol–water partition coefficient (Wildman–Crippen LogP) is 2.70. The molecule has 2 aliphatic rings. The molecule has 4 rings (SSSR count). The van der Waals surface area contributed by atoms with Crippen molar-refractivity contribution in [3.8, 4) is 0 Å². The maximum atomic E-state index is 13.6. The molecular weight excluding hydrogens is 444 g/mol. The number of ether oxygens (including phenoxy) is 3. The van der Waals surface area contributed by atoms with Crippen LogP contribution in [0.25, 0.3) is 0 Å². The minimum Gasteiger partial charge on any atom is -0.448 e. The largest absolute Gasteiger partial charge is 0.448 e. The van der Waals surface area contributed by atoms with E-state index in [-0.39, 0.29) is 11.5 Å². The number of β-lactam (4-membered cyclic amide) rings is 1. The fourth-order valence-corrected chi connectivity index (χ4v) is 5.29. The van der Waals surface area contributed by atoms with E-state index in [0.29, 0.717) is 0 Å². The molecule has 0 radical (unpaired) electrons. The highest BCUT2D eigenvalue weighted by molar-refractivity contribution is 8.00. The van der Waals surface area contributed by atoms with Crippen molar-refractivity contribution in [1.82, 2.24) is 4.90 Å². The Labute approximate surface area is 195 Å². The van der Waals surface area contributed by atoms with E-state index in [1.807, 2.05) is 60.7 Å². The van der Waals surface area contributed by atoms with Crippen LogP contribution in [-0.2, 0) is 28.6 Å². The van der Waals surface area contributed by atoms with Crippen molar-refractivity contribution in [2.45, 2.75) is 36.3 Å². The molecule has 2 N–H and O–H groups in total. The number of thioether (sulfide) groups is 1. The zero-order valence-electron chi connectivity index (χ0n) is 18.4. The van der Waals surface area contributed by atoms with Crippen molar-refractivity contribution < 1.29 is 28.6 Å². The summed E-state index contributed by atoms with van der Waals surface area (Å²) < 4.78 is 16.6. The molecule has 2 aromatic rings. The SMILES string of the molecule is CO[C@@]1(N)C(=O)N2C(C(=O)OC(c3ccccc3)c3ccccc3)=C(OC(C)=O)C(C)S[C@@H]21. The highest BCUT2D eigenvalue weighted by atomic mass is 32.2. The van der Waals surface area contributed by atoms with Crippen LogP contribution < -0.4 is 5.73 Å². The summed E-state index contributed by atoms with van der Waals surface area (Å²) in [6, 6.07) is 18.5. The maximum absolute atomic E-state index is 13.6. The number of benzene rings is 2. The summed E-state index contributed by atoms with van der Waals surface area (Å²) in [5.74, 6) is -1.96. The van der Waals surface area contributed by atoms with E-state index in [0.717, 1.165) is 11.1 Å². The van der Waals surface area contributed by atoms with Crippen molar-refractivity contribution in [2.24, 2.45) is 5.73 Å². The number of carbonyl (C=O) groups is 3. The molecule has 2 heterocycles. The van der Waals surface area contributed by atoms with Crippen LogP contribution in [0.15, 0.2) is 72.1 Å². The zero-order valence-corrected chi connectivity index (χ0v) is 19.2. The van der Waals surface area contributed by atoms with Gasteiger partial charge in [0.2, 0.25) is 5.72 Å². The molecule has 0 bridgehead atoms. The lowest BCUT2D eigenvalue weighted by Gasteiger charge is -2.54. The number of esters is 2. The summed E-state index contributed by atoms with van der Waals surface area (Å²) in [5.41, 5.74) is 5.92. The number of rotatable bonds is 6. The average molecular weight is 469 g/mol. The molecule has 2 aliphatic heterocycles. The third-order valence-corrected chi connectivity index (χ3v) is 6.99. The molecule has 1 unspecified atom stereocenters. The summed E-state index contributed by atoms with van der Waals surface area (Å²) >= 11 is 1.27. The van der Waals surface area contributed by atoms with Gasteiger partial charge in [0, 0.05) is 14.0 Å². The quantitative estimate of drug-likeness (QED) is 0.392. The van der Waals surface area contributed by atoms with Gasteiger partial charge in [0.25, 0.3) is 5.91 Å². The van der Waals surface area contributed by atoms with Crippen molar-refractivity contribution in [2.75, 3.05) is 7.11 Å². The smallest absolute Gasteiger partial charge is 0.359 e. The number of carbonyl (C=O) groups excluding carboxylic acids is 3. The lowest BCUT2D eigenvalue weighted by molar-refractivity contribution is -0.184. The molecule has 172 valence electrons. The van der Waals surface area contributed by atoms with Gasteiger partial charge >= 0.3 is 11.9 Å². The normalized spacial score (nSPS) is 24.3. The molecule has 0 aromatic heterocycles. The second kappa shape index (κ2) is 9.01. The van der Waals surface area contributed by atoms with Crippen molar-refractivity contribution in [3.63, 3.8) is 0 Å². The van der Waals surface area contributed by atoms with Crippen LogP contribution in [-0.4, -0.2) is 46.2 Å². The standard InChI is InChI=1S/C24H24N2O6S/c1-14-19(31-15(2)27)18(26-22(29)24(25,30-3)23(26)33-14)21(28)32-20(16-10-6-4-7-11-16)17-12-8-5-9-13-17/h4-14,20,23H,25H2,1-3H3/t14?,23-,24+/m1/s1. The van der Waals surface area contributed by atoms with Crippen LogP contribution in [0, 0.1) is 0 Å². The summed E-state index contributed by atoms with van der Waals surface area (Å²) in [6.07, 6.45) is -0.740. The molecule has 1 fully saturated rings.